The van der Waals surface area contributed by atoms with Gasteiger partial charge in [0.1, 0.15) is 17.6 Å². The summed E-state index contributed by atoms with van der Waals surface area (Å²) < 4.78 is 17.4. The van der Waals surface area contributed by atoms with Gasteiger partial charge >= 0.3 is 6.09 Å². The summed E-state index contributed by atoms with van der Waals surface area (Å²) in [5.74, 6) is 1.28. The number of imidazole rings is 1. The zero-order valence-corrected chi connectivity index (χ0v) is 19.5. The summed E-state index contributed by atoms with van der Waals surface area (Å²) in [6.45, 7) is 1.67. The summed E-state index contributed by atoms with van der Waals surface area (Å²) in [5.41, 5.74) is 1.75. The lowest BCUT2D eigenvalue weighted by molar-refractivity contribution is -0.136. The van der Waals surface area contributed by atoms with Crippen molar-refractivity contribution in [1.82, 2.24) is 20.2 Å². The molecule has 1 unspecified atom stereocenters. The fourth-order valence-corrected chi connectivity index (χ4v) is 4.40. The Kier molecular flexibility index (Phi) is 7.31. The molecule has 3 heterocycles. The number of H-pyrrole nitrogens is 1. The Labute approximate surface area is 194 Å². The van der Waals surface area contributed by atoms with Crippen LogP contribution in [-0.2, 0) is 14.3 Å². The van der Waals surface area contributed by atoms with Crippen molar-refractivity contribution < 1.29 is 23.8 Å². The predicted octanol–water partition coefficient (Wildman–Crippen LogP) is 3.42. The van der Waals surface area contributed by atoms with Crippen LogP contribution in [-0.4, -0.2) is 66.4 Å². The number of aromatic nitrogens is 2. The molecule has 172 valence electrons. The second-order valence-electron chi connectivity index (χ2n) is 7.83. The molecule has 9 nitrogen and oxygen atoms in total. The number of methoxy groups -OCH3 is 1. The van der Waals surface area contributed by atoms with Gasteiger partial charge in [0.05, 0.1) is 38.3 Å². The molecular formula is C22H27BrN4O5. The van der Waals surface area contributed by atoms with Gasteiger partial charge in [0.25, 0.3) is 0 Å². The van der Waals surface area contributed by atoms with Crippen molar-refractivity contribution in [2.45, 2.75) is 37.8 Å². The fraction of sp³-hybridized carbons (Fsp3) is 0.500. The molecule has 2 N–H and O–H groups in total. The number of fused-ring (bicyclic) bond motifs is 6. The number of nitrogens with zero attached hydrogens (tertiary/aromatic N) is 2. The Hall–Kier alpha value is -2.59. The summed E-state index contributed by atoms with van der Waals surface area (Å²) in [6.07, 6.45) is 4.31. The highest BCUT2D eigenvalue weighted by molar-refractivity contribution is 9.10. The summed E-state index contributed by atoms with van der Waals surface area (Å²) in [4.78, 5) is 34.9. The van der Waals surface area contributed by atoms with Gasteiger partial charge in [-0.25, -0.2) is 9.78 Å². The number of carbonyl (C=O) groups is 2. The van der Waals surface area contributed by atoms with Crippen LogP contribution in [0.25, 0.3) is 11.3 Å². The average molecular weight is 507 g/mol. The first-order valence-electron chi connectivity index (χ1n) is 10.8. The first-order valence-corrected chi connectivity index (χ1v) is 11.6. The molecule has 2 amide bonds. The molecule has 1 saturated heterocycles. The number of benzene rings is 1. The Morgan fingerprint density at radius 1 is 1.31 bits per heavy atom. The number of nitrogens with one attached hydrogen (secondary N) is 2. The van der Waals surface area contributed by atoms with Gasteiger partial charge in [-0.2, -0.15) is 0 Å². The summed E-state index contributed by atoms with van der Waals surface area (Å²) in [5, 5.41) is 2.62. The number of alkyl carbamates (subject to hydrolysis) is 1. The number of hydrogen-bond donors (Lipinski definition) is 2. The molecule has 32 heavy (non-hydrogen) atoms. The number of hydrogen-bond acceptors (Lipinski definition) is 6. The van der Waals surface area contributed by atoms with Crippen LogP contribution >= 0.6 is 15.9 Å². The smallest absolute Gasteiger partial charge is 0.407 e. The van der Waals surface area contributed by atoms with E-state index in [9.17, 15) is 9.59 Å². The highest BCUT2D eigenvalue weighted by atomic mass is 79.9. The molecule has 0 saturated carbocycles. The van der Waals surface area contributed by atoms with Crippen molar-refractivity contribution in [3.63, 3.8) is 0 Å². The lowest BCUT2D eigenvalue weighted by Gasteiger charge is -2.28. The van der Waals surface area contributed by atoms with E-state index in [2.05, 4.69) is 31.2 Å². The summed E-state index contributed by atoms with van der Waals surface area (Å²) in [6, 6.07) is 4.87. The second-order valence-corrected chi connectivity index (χ2v) is 8.75. The van der Waals surface area contributed by atoms with Crippen LogP contribution in [0.3, 0.4) is 0 Å². The van der Waals surface area contributed by atoms with Crippen LogP contribution in [0.5, 0.6) is 5.75 Å². The van der Waals surface area contributed by atoms with Crippen LogP contribution in [0.15, 0.2) is 28.9 Å². The number of amides is 2. The minimum absolute atomic E-state index is 0.0806. The maximum atomic E-state index is 13.3. The average Bonchev–Trinajstić information content (AvgIpc) is 3.46. The number of aromatic amines is 1. The largest absolute Gasteiger partial charge is 0.493 e. The predicted molar refractivity (Wildman–Crippen MR) is 120 cm³/mol. The van der Waals surface area contributed by atoms with Crippen LogP contribution in [0, 0.1) is 0 Å². The van der Waals surface area contributed by atoms with Crippen LogP contribution in [0.1, 0.15) is 37.5 Å². The maximum Gasteiger partial charge on any atom is 0.407 e. The van der Waals surface area contributed by atoms with Crippen molar-refractivity contribution in [3.8, 4) is 17.0 Å². The molecule has 2 atom stereocenters. The summed E-state index contributed by atoms with van der Waals surface area (Å²) in [7, 11) is 1.27. The van der Waals surface area contributed by atoms with Crippen LogP contribution in [0.2, 0.25) is 0 Å². The number of halogens is 1. The third kappa shape index (κ3) is 5.07. The molecule has 2 aliphatic rings. The number of rotatable bonds is 1. The topological polar surface area (TPSA) is 106 Å². The maximum absolute atomic E-state index is 13.3. The Morgan fingerprint density at radius 3 is 3.00 bits per heavy atom. The van der Waals surface area contributed by atoms with Gasteiger partial charge in [-0.15, -0.1) is 0 Å². The third-order valence-electron chi connectivity index (χ3n) is 5.68. The van der Waals surface area contributed by atoms with Gasteiger partial charge in [-0.05, 0) is 43.9 Å². The minimum Gasteiger partial charge on any atom is -0.493 e. The molecule has 1 aromatic heterocycles. The molecule has 0 spiro atoms. The van der Waals surface area contributed by atoms with Crippen molar-refractivity contribution in [2.24, 2.45) is 0 Å². The van der Waals surface area contributed by atoms with Gasteiger partial charge < -0.3 is 29.4 Å². The van der Waals surface area contributed by atoms with E-state index in [1.807, 2.05) is 18.2 Å². The first kappa shape index (κ1) is 22.6. The minimum atomic E-state index is -0.820. The number of ether oxygens (including phenoxy) is 3. The molecule has 2 aromatic rings. The van der Waals surface area contributed by atoms with Crippen LogP contribution in [0.4, 0.5) is 4.79 Å². The van der Waals surface area contributed by atoms with Crippen molar-refractivity contribution >= 4 is 27.9 Å². The monoisotopic (exact) mass is 506 g/mol. The van der Waals surface area contributed by atoms with Gasteiger partial charge in [-0.1, -0.05) is 15.9 Å². The molecule has 1 fully saturated rings. The molecule has 2 aliphatic heterocycles. The van der Waals surface area contributed by atoms with E-state index in [1.54, 1.807) is 11.1 Å². The van der Waals surface area contributed by atoms with E-state index in [4.69, 9.17) is 14.2 Å². The Balaban J connectivity index is 1.65. The Bertz CT molecular complexity index is 966. The molecular weight excluding hydrogens is 480 g/mol. The Morgan fingerprint density at radius 2 is 2.16 bits per heavy atom. The summed E-state index contributed by atoms with van der Waals surface area (Å²) >= 11 is 3.51. The molecule has 10 heteroatoms. The lowest BCUT2D eigenvalue weighted by atomic mass is 10.1. The quantitative estimate of drug-likeness (QED) is 0.613. The van der Waals surface area contributed by atoms with Gasteiger partial charge in [0.2, 0.25) is 5.91 Å². The van der Waals surface area contributed by atoms with Gasteiger partial charge in [0.15, 0.2) is 0 Å². The van der Waals surface area contributed by atoms with Gasteiger partial charge in [-0.3, -0.25) is 4.79 Å². The normalized spacial score (nSPS) is 21.9. The zero-order valence-electron chi connectivity index (χ0n) is 17.9. The molecule has 2 bridgehead atoms. The molecule has 4 rings (SSSR count). The third-order valence-corrected chi connectivity index (χ3v) is 6.17. The molecule has 0 aliphatic carbocycles. The second kappa shape index (κ2) is 10.4. The standard InChI is InChI=1S/C22H27BrN4O5/c1-30-22(29)26-17-13-31-9-2-3-10-32-19-11-14(23)6-7-15(19)16-12-24-20(25-16)18-5-4-8-27(18)21(17)28/h6-7,11-12,17-18H,2-5,8-10,13H2,1H3,(H,24,25)(H,26,29)/t17-,18?/m0/s1. The van der Waals surface area contributed by atoms with Crippen LogP contribution < -0.4 is 10.1 Å². The van der Waals surface area contributed by atoms with E-state index in [0.717, 1.165) is 47.2 Å². The highest BCUT2D eigenvalue weighted by Crippen LogP contribution is 2.35. The van der Waals surface area contributed by atoms with E-state index < -0.39 is 12.1 Å². The van der Waals surface area contributed by atoms with E-state index in [1.165, 1.54) is 7.11 Å². The highest BCUT2D eigenvalue weighted by Gasteiger charge is 2.36. The zero-order chi connectivity index (χ0) is 22.5. The lowest BCUT2D eigenvalue weighted by Crippen LogP contribution is -2.50. The van der Waals surface area contributed by atoms with E-state index in [0.29, 0.717) is 25.6 Å². The van der Waals surface area contributed by atoms with Crippen molar-refractivity contribution in [2.75, 3.05) is 33.5 Å². The number of carbonyl (C=O) groups excluding carboxylic acids is 2. The molecule has 0 radical (unpaired) electrons. The first-order chi connectivity index (χ1) is 15.6. The van der Waals surface area contributed by atoms with E-state index in [-0.39, 0.29) is 18.6 Å². The fourth-order valence-electron chi connectivity index (χ4n) is 4.06. The van der Waals surface area contributed by atoms with Crippen molar-refractivity contribution in [3.05, 3.63) is 34.7 Å². The molecule has 1 aromatic carbocycles. The SMILES string of the molecule is COC(=O)N[C@H]1COCCCCOc2cc(Br)ccc2-c2cnc([nH]2)C2CCCN2C1=O. The van der Waals surface area contributed by atoms with Crippen molar-refractivity contribution in [1.29, 1.82) is 0 Å². The van der Waals surface area contributed by atoms with Gasteiger partial charge in [0, 0.05) is 23.2 Å². The van der Waals surface area contributed by atoms with E-state index >= 15 is 0 Å².